The predicted octanol–water partition coefficient (Wildman–Crippen LogP) is 0.261. The Labute approximate surface area is 119 Å². The zero-order chi connectivity index (χ0) is 14.8. The van der Waals surface area contributed by atoms with Crippen LogP contribution in [-0.4, -0.2) is 38.9 Å². The average molecular weight is 300 g/mol. The molecule has 1 aromatic carbocycles. The topological polar surface area (TPSA) is 102 Å². The molecule has 0 aliphatic carbocycles. The zero-order valence-electron chi connectivity index (χ0n) is 11.4. The van der Waals surface area contributed by atoms with Gasteiger partial charge >= 0.3 is 0 Å². The summed E-state index contributed by atoms with van der Waals surface area (Å²) >= 11 is 0. The molecule has 0 saturated carbocycles. The van der Waals surface area contributed by atoms with E-state index in [0.29, 0.717) is 18.7 Å². The molecule has 0 aromatic heterocycles. The number of hydrogen-bond donors (Lipinski definition) is 3. The number of aryl methyl sites for hydroxylation is 1. The van der Waals surface area contributed by atoms with E-state index in [1.807, 2.05) is 6.92 Å². The minimum atomic E-state index is -3.68. The van der Waals surface area contributed by atoms with Crippen molar-refractivity contribution in [2.45, 2.75) is 30.3 Å². The van der Waals surface area contributed by atoms with Crippen molar-refractivity contribution >= 4 is 15.7 Å². The molecule has 1 aromatic rings. The Kier molecular flexibility index (Phi) is 4.33. The molecule has 2 rings (SSSR count). The van der Waals surface area contributed by atoms with Crippen LogP contribution in [0.2, 0.25) is 0 Å². The Balaban J connectivity index is 2.12. The number of anilines is 1. The van der Waals surface area contributed by atoms with Gasteiger partial charge in [-0.1, -0.05) is 13.0 Å². The van der Waals surface area contributed by atoms with E-state index in [-0.39, 0.29) is 18.0 Å². The van der Waals surface area contributed by atoms with Crippen molar-refractivity contribution in [1.29, 1.82) is 0 Å². The maximum absolute atomic E-state index is 12.2. The predicted molar refractivity (Wildman–Crippen MR) is 75.8 cm³/mol. The normalized spacial score (nSPS) is 23.1. The summed E-state index contributed by atoms with van der Waals surface area (Å²) in [6.07, 6.45) is 1.17. The van der Waals surface area contributed by atoms with Crippen LogP contribution in [0, 0.1) is 0 Å². The highest BCUT2D eigenvalue weighted by Crippen LogP contribution is 2.21. The summed E-state index contributed by atoms with van der Waals surface area (Å²) in [5.41, 5.74) is 6.05. The molecule has 1 fully saturated rings. The molecule has 1 heterocycles. The standard InChI is InChI=1S/C13H20N2O4S/c1-2-10-3-4-11(7-12(10)14)20(17,18)15-8-13(16)5-6-19-9-13/h3-4,7,15-16H,2,5-6,8-9,14H2,1H3. The number of nitrogens with one attached hydrogen (secondary N) is 1. The summed E-state index contributed by atoms with van der Waals surface area (Å²) < 4.78 is 31.8. The van der Waals surface area contributed by atoms with Gasteiger partial charge in [0.05, 0.1) is 11.5 Å². The number of rotatable bonds is 5. The molecule has 0 spiro atoms. The van der Waals surface area contributed by atoms with Gasteiger partial charge in [0.2, 0.25) is 10.0 Å². The van der Waals surface area contributed by atoms with E-state index in [9.17, 15) is 13.5 Å². The first-order valence-electron chi connectivity index (χ1n) is 6.54. The van der Waals surface area contributed by atoms with E-state index in [1.54, 1.807) is 6.07 Å². The van der Waals surface area contributed by atoms with Crippen LogP contribution in [0.25, 0.3) is 0 Å². The Morgan fingerprint density at radius 1 is 1.50 bits per heavy atom. The lowest BCUT2D eigenvalue weighted by molar-refractivity contribution is 0.0314. The van der Waals surface area contributed by atoms with E-state index < -0.39 is 15.6 Å². The Hall–Kier alpha value is -1.15. The maximum atomic E-state index is 12.2. The van der Waals surface area contributed by atoms with Crippen LogP contribution >= 0.6 is 0 Å². The van der Waals surface area contributed by atoms with Crippen molar-refractivity contribution in [3.05, 3.63) is 23.8 Å². The molecular weight excluding hydrogens is 280 g/mol. The van der Waals surface area contributed by atoms with Gasteiger partial charge in [-0.05, 0) is 24.1 Å². The molecule has 1 aliphatic heterocycles. The lowest BCUT2D eigenvalue weighted by atomic mass is 10.1. The third-order valence-corrected chi connectivity index (χ3v) is 4.88. The van der Waals surface area contributed by atoms with Gasteiger partial charge in [0.15, 0.2) is 0 Å². The van der Waals surface area contributed by atoms with E-state index >= 15 is 0 Å². The van der Waals surface area contributed by atoms with Gasteiger partial charge in [-0.3, -0.25) is 0 Å². The van der Waals surface area contributed by atoms with Gasteiger partial charge in [-0.15, -0.1) is 0 Å². The number of benzene rings is 1. The minimum absolute atomic E-state index is 0.0647. The van der Waals surface area contributed by atoms with Crippen LogP contribution in [-0.2, 0) is 21.2 Å². The summed E-state index contributed by atoms with van der Waals surface area (Å²) in [7, 11) is -3.68. The van der Waals surface area contributed by atoms with Crippen molar-refractivity contribution in [1.82, 2.24) is 4.72 Å². The second-order valence-corrected chi connectivity index (χ2v) is 6.83. The largest absolute Gasteiger partial charge is 0.398 e. The second kappa shape index (κ2) is 5.69. The van der Waals surface area contributed by atoms with Crippen LogP contribution in [0.1, 0.15) is 18.9 Å². The third kappa shape index (κ3) is 3.29. The Morgan fingerprint density at radius 3 is 2.80 bits per heavy atom. The lowest BCUT2D eigenvalue weighted by Gasteiger charge is -2.20. The van der Waals surface area contributed by atoms with Crippen molar-refractivity contribution in [3.63, 3.8) is 0 Å². The summed E-state index contributed by atoms with van der Waals surface area (Å²) in [5.74, 6) is 0. The van der Waals surface area contributed by atoms with E-state index in [0.717, 1.165) is 12.0 Å². The fraction of sp³-hybridized carbons (Fsp3) is 0.538. The number of aliphatic hydroxyl groups is 1. The highest BCUT2D eigenvalue weighted by Gasteiger charge is 2.33. The highest BCUT2D eigenvalue weighted by atomic mass is 32.2. The molecule has 7 heteroatoms. The maximum Gasteiger partial charge on any atom is 0.240 e. The fourth-order valence-electron chi connectivity index (χ4n) is 2.11. The van der Waals surface area contributed by atoms with Crippen LogP contribution in [0.4, 0.5) is 5.69 Å². The van der Waals surface area contributed by atoms with Gasteiger partial charge in [-0.25, -0.2) is 13.1 Å². The monoisotopic (exact) mass is 300 g/mol. The van der Waals surface area contributed by atoms with E-state index in [1.165, 1.54) is 12.1 Å². The van der Waals surface area contributed by atoms with Gasteiger partial charge in [0.1, 0.15) is 5.60 Å². The van der Waals surface area contributed by atoms with Crippen LogP contribution in [0.5, 0.6) is 0 Å². The van der Waals surface area contributed by atoms with Gasteiger partial charge in [0.25, 0.3) is 0 Å². The van der Waals surface area contributed by atoms with Crippen LogP contribution < -0.4 is 10.5 Å². The van der Waals surface area contributed by atoms with Gasteiger partial charge in [-0.2, -0.15) is 0 Å². The average Bonchev–Trinajstić information content (AvgIpc) is 2.84. The smallest absolute Gasteiger partial charge is 0.240 e. The summed E-state index contributed by atoms with van der Waals surface area (Å²) in [6, 6.07) is 4.67. The molecule has 4 N–H and O–H groups in total. The minimum Gasteiger partial charge on any atom is -0.398 e. The van der Waals surface area contributed by atoms with E-state index in [4.69, 9.17) is 10.5 Å². The third-order valence-electron chi connectivity index (χ3n) is 3.48. The molecular formula is C13H20N2O4S. The zero-order valence-corrected chi connectivity index (χ0v) is 12.2. The number of sulfonamides is 1. The highest BCUT2D eigenvalue weighted by molar-refractivity contribution is 7.89. The van der Waals surface area contributed by atoms with Crippen molar-refractivity contribution in [2.24, 2.45) is 0 Å². The van der Waals surface area contributed by atoms with Crippen molar-refractivity contribution in [2.75, 3.05) is 25.5 Å². The molecule has 1 aliphatic rings. The molecule has 1 atom stereocenters. The molecule has 1 unspecified atom stereocenters. The molecule has 112 valence electrons. The quantitative estimate of drug-likeness (QED) is 0.677. The molecule has 0 radical (unpaired) electrons. The Morgan fingerprint density at radius 2 is 2.25 bits per heavy atom. The first-order chi connectivity index (χ1) is 9.36. The van der Waals surface area contributed by atoms with Gasteiger partial charge < -0.3 is 15.6 Å². The lowest BCUT2D eigenvalue weighted by Crippen LogP contribution is -2.43. The molecule has 20 heavy (non-hydrogen) atoms. The number of hydrogen-bond acceptors (Lipinski definition) is 5. The second-order valence-electron chi connectivity index (χ2n) is 5.07. The summed E-state index contributed by atoms with van der Waals surface area (Å²) in [5, 5.41) is 10.1. The van der Waals surface area contributed by atoms with Crippen LogP contribution in [0.15, 0.2) is 23.1 Å². The van der Waals surface area contributed by atoms with Gasteiger partial charge in [0, 0.05) is 25.3 Å². The SMILES string of the molecule is CCc1ccc(S(=O)(=O)NCC2(O)CCOC2)cc1N. The van der Waals surface area contributed by atoms with E-state index in [2.05, 4.69) is 4.72 Å². The molecule has 6 nitrogen and oxygen atoms in total. The number of nitrogens with two attached hydrogens (primary N) is 1. The van der Waals surface area contributed by atoms with Crippen LogP contribution in [0.3, 0.4) is 0 Å². The molecule has 1 saturated heterocycles. The number of nitrogen functional groups attached to an aromatic ring is 1. The van der Waals surface area contributed by atoms with Crippen molar-refractivity contribution < 1.29 is 18.3 Å². The first-order valence-corrected chi connectivity index (χ1v) is 8.03. The summed E-state index contributed by atoms with van der Waals surface area (Å²) in [4.78, 5) is 0.106. The van der Waals surface area contributed by atoms with Crippen molar-refractivity contribution in [3.8, 4) is 0 Å². The molecule has 0 bridgehead atoms. The number of ether oxygens (including phenoxy) is 1. The fourth-order valence-corrected chi connectivity index (χ4v) is 3.27. The Bertz CT molecular complexity index is 580. The molecule has 0 amide bonds. The first kappa shape index (κ1) is 15.2. The summed E-state index contributed by atoms with van der Waals surface area (Å²) in [6.45, 7) is 2.47.